The lowest BCUT2D eigenvalue weighted by Gasteiger charge is -2.04. The molecule has 1 aromatic carbocycles. The Bertz CT molecular complexity index is 702. The molecule has 0 saturated carbocycles. The maximum atomic E-state index is 13.1. The highest BCUT2D eigenvalue weighted by Crippen LogP contribution is 2.18. The van der Waals surface area contributed by atoms with Crippen LogP contribution in [-0.2, 0) is 11.2 Å². The van der Waals surface area contributed by atoms with E-state index in [0.717, 1.165) is 17.3 Å². The molecule has 0 fully saturated rings. The van der Waals surface area contributed by atoms with Crippen molar-refractivity contribution in [3.05, 3.63) is 64.6 Å². The minimum atomic E-state index is -1.20. The Labute approximate surface area is 124 Å². The largest absolute Gasteiger partial charge is 0.477 e. The van der Waals surface area contributed by atoms with Crippen LogP contribution in [0.1, 0.15) is 17.0 Å². The predicted octanol–water partition coefficient (Wildman–Crippen LogP) is 2.24. The molecule has 1 heterocycles. The van der Waals surface area contributed by atoms with Crippen LogP contribution >= 0.6 is 11.6 Å². The van der Waals surface area contributed by atoms with Gasteiger partial charge in [-0.15, -0.1) is 0 Å². The highest BCUT2D eigenvalue weighted by molar-refractivity contribution is 6.30. The summed E-state index contributed by atoms with van der Waals surface area (Å²) in [6, 6.07) is 4.41. The molecule has 2 aromatic rings. The molecule has 3 N–H and O–H groups in total. The first-order valence-corrected chi connectivity index (χ1v) is 6.29. The van der Waals surface area contributed by atoms with Gasteiger partial charge in [-0.1, -0.05) is 17.7 Å². The Kier molecular flexibility index (Phi) is 4.49. The molecule has 0 aliphatic rings. The lowest BCUT2D eigenvalue weighted by Crippen LogP contribution is -2.06. The highest BCUT2D eigenvalue weighted by Gasteiger charge is 2.12. The number of aromatic nitrogens is 2. The molecule has 1 aromatic heterocycles. The lowest BCUT2D eigenvalue weighted by atomic mass is 10.1. The van der Waals surface area contributed by atoms with Gasteiger partial charge in [-0.25, -0.2) is 19.2 Å². The number of hydrogen-bond acceptors (Lipinski definition) is 4. The maximum Gasteiger partial charge on any atom is 0.341 e. The van der Waals surface area contributed by atoms with Crippen LogP contribution in [0.3, 0.4) is 0 Å². The van der Waals surface area contributed by atoms with Gasteiger partial charge in [-0.05, 0) is 23.3 Å². The zero-order valence-electron chi connectivity index (χ0n) is 10.8. The fourth-order valence-corrected chi connectivity index (χ4v) is 1.92. The van der Waals surface area contributed by atoms with Crippen molar-refractivity contribution in [2.45, 2.75) is 6.42 Å². The van der Waals surface area contributed by atoms with Crippen molar-refractivity contribution in [1.82, 2.24) is 9.97 Å². The van der Waals surface area contributed by atoms with Crippen LogP contribution in [0, 0.1) is 5.82 Å². The van der Waals surface area contributed by atoms with Crippen molar-refractivity contribution in [3.63, 3.8) is 0 Å². The van der Waals surface area contributed by atoms with Crippen molar-refractivity contribution in [1.29, 1.82) is 0 Å². The Morgan fingerprint density at radius 3 is 2.52 bits per heavy atom. The molecule has 5 nitrogen and oxygen atoms in total. The number of carboxylic acid groups (broad SMARTS) is 1. The minimum Gasteiger partial charge on any atom is -0.477 e. The molecule has 0 radical (unpaired) electrons. The first kappa shape index (κ1) is 14.9. The fourth-order valence-electron chi connectivity index (χ4n) is 1.71. The number of nitrogens with two attached hydrogens (primary N) is 1. The van der Waals surface area contributed by atoms with Gasteiger partial charge in [0.2, 0.25) is 0 Å². The van der Waals surface area contributed by atoms with Gasteiger partial charge in [0.15, 0.2) is 5.82 Å². The summed E-state index contributed by atoms with van der Waals surface area (Å²) in [5.41, 5.74) is 6.59. The third kappa shape index (κ3) is 3.55. The number of rotatable bonds is 4. The number of benzene rings is 1. The fraction of sp³-hybridized carbons (Fsp3) is 0.0714. The molecule has 0 spiro atoms. The third-order valence-corrected chi connectivity index (χ3v) is 3.03. The van der Waals surface area contributed by atoms with Gasteiger partial charge in [0.05, 0.1) is 5.02 Å². The Hall–Kier alpha value is -2.47. The summed E-state index contributed by atoms with van der Waals surface area (Å²) in [6.07, 6.45) is 4.38. The van der Waals surface area contributed by atoms with Gasteiger partial charge in [-0.3, -0.25) is 0 Å². The molecular formula is C14H11ClFN3O2. The molecule has 0 amide bonds. The average molecular weight is 308 g/mol. The van der Waals surface area contributed by atoms with E-state index in [-0.39, 0.29) is 16.4 Å². The van der Waals surface area contributed by atoms with E-state index in [1.54, 1.807) is 6.07 Å². The molecule has 0 atom stereocenters. The van der Waals surface area contributed by atoms with Crippen LogP contribution in [0.15, 0.2) is 36.8 Å². The number of aliphatic carboxylic acids is 1. The molecule has 2 rings (SSSR count). The second-order valence-electron chi connectivity index (χ2n) is 4.23. The molecule has 0 aliphatic carbocycles. The number of carbonyl (C=O) groups is 1. The number of halogens is 2. The Morgan fingerprint density at radius 2 is 2.00 bits per heavy atom. The summed E-state index contributed by atoms with van der Waals surface area (Å²) in [6.45, 7) is 0. The lowest BCUT2D eigenvalue weighted by molar-refractivity contribution is -0.130. The summed E-state index contributed by atoms with van der Waals surface area (Å²) in [4.78, 5) is 18.8. The Balaban J connectivity index is 2.19. The monoisotopic (exact) mass is 307 g/mol. The first-order chi connectivity index (χ1) is 10.0. The zero-order chi connectivity index (χ0) is 15.4. The summed E-state index contributed by atoms with van der Waals surface area (Å²) in [7, 11) is 0. The van der Waals surface area contributed by atoms with E-state index in [0.29, 0.717) is 6.42 Å². The number of hydrogen-bond donors (Lipinski definition) is 2. The number of carboxylic acids is 1. The second kappa shape index (κ2) is 6.32. The smallest absolute Gasteiger partial charge is 0.341 e. The molecular weight excluding hydrogens is 297 g/mol. The van der Waals surface area contributed by atoms with E-state index in [2.05, 4.69) is 9.97 Å². The van der Waals surface area contributed by atoms with Crippen molar-refractivity contribution in [2.75, 3.05) is 0 Å². The quantitative estimate of drug-likeness (QED) is 0.846. The second-order valence-corrected chi connectivity index (χ2v) is 4.63. The van der Waals surface area contributed by atoms with Gasteiger partial charge in [-0.2, -0.15) is 0 Å². The van der Waals surface area contributed by atoms with Crippen molar-refractivity contribution in [3.8, 4) is 0 Å². The zero-order valence-corrected chi connectivity index (χ0v) is 11.5. The van der Waals surface area contributed by atoms with Crippen LogP contribution in [0.4, 0.5) is 4.39 Å². The summed E-state index contributed by atoms with van der Waals surface area (Å²) < 4.78 is 13.1. The molecule has 21 heavy (non-hydrogen) atoms. The maximum absolute atomic E-state index is 13.1. The highest BCUT2D eigenvalue weighted by atomic mass is 35.5. The summed E-state index contributed by atoms with van der Waals surface area (Å²) in [5, 5.41) is 8.95. The topological polar surface area (TPSA) is 89.1 Å². The van der Waals surface area contributed by atoms with E-state index in [9.17, 15) is 9.18 Å². The molecule has 108 valence electrons. The van der Waals surface area contributed by atoms with Gasteiger partial charge >= 0.3 is 5.97 Å². The van der Waals surface area contributed by atoms with Gasteiger partial charge < -0.3 is 10.8 Å². The normalized spacial score (nSPS) is 11.4. The van der Waals surface area contributed by atoms with Gasteiger partial charge in [0, 0.05) is 25.0 Å². The standard InChI is InChI=1S/C14H11ClFN3O2/c15-11-4-8(1-2-12(11)16)3-9-6-18-13(19-7-9)10(5-17)14(20)21/h1-2,4-7H,3,17H2,(H,20,21)/b10-5+. The third-order valence-electron chi connectivity index (χ3n) is 2.74. The van der Waals surface area contributed by atoms with Crippen LogP contribution in [0.2, 0.25) is 5.02 Å². The van der Waals surface area contributed by atoms with E-state index < -0.39 is 11.8 Å². The van der Waals surface area contributed by atoms with Crippen LogP contribution in [-0.4, -0.2) is 21.0 Å². The van der Waals surface area contributed by atoms with Gasteiger partial charge in [0.25, 0.3) is 0 Å². The number of nitrogens with zero attached hydrogens (tertiary/aromatic N) is 2. The first-order valence-electron chi connectivity index (χ1n) is 5.91. The van der Waals surface area contributed by atoms with E-state index in [4.69, 9.17) is 22.4 Å². The van der Waals surface area contributed by atoms with Crippen LogP contribution in [0.25, 0.3) is 5.57 Å². The predicted molar refractivity (Wildman–Crippen MR) is 76.0 cm³/mol. The Morgan fingerprint density at radius 1 is 1.33 bits per heavy atom. The van der Waals surface area contributed by atoms with Crippen molar-refractivity contribution in [2.24, 2.45) is 5.73 Å². The molecule has 0 unspecified atom stereocenters. The molecule has 7 heteroatoms. The van der Waals surface area contributed by atoms with E-state index >= 15 is 0 Å². The van der Waals surface area contributed by atoms with Crippen LogP contribution in [0.5, 0.6) is 0 Å². The van der Waals surface area contributed by atoms with E-state index in [1.165, 1.54) is 24.5 Å². The molecule has 0 aliphatic heterocycles. The minimum absolute atomic E-state index is 0.0332. The SMILES string of the molecule is N/C=C(/C(=O)O)c1ncc(Cc2ccc(F)c(Cl)c2)cn1. The van der Waals surface area contributed by atoms with Crippen LogP contribution < -0.4 is 5.73 Å². The van der Waals surface area contributed by atoms with E-state index in [1.807, 2.05) is 0 Å². The van der Waals surface area contributed by atoms with Gasteiger partial charge in [0.1, 0.15) is 11.4 Å². The van der Waals surface area contributed by atoms with Crippen molar-refractivity contribution >= 4 is 23.1 Å². The summed E-state index contributed by atoms with van der Waals surface area (Å²) >= 11 is 5.71. The molecule has 0 saturated heterocycles. The molecule has 0 bridgehead atoms. The summed E-state index contributed by atoms with van der Waals surface area (Å²) in [5.74, 6) is -1.65. The average Bonchev–Trinajstić information content (AvgIpc) is 2.45. The van der Waals surface area contributed by atoms with Crippen molar-refractivity contribution < 1.29 is 14.3 Å².